The van der Waals surface area contributed by atoms with Crippen LogP contribution < -0.4 is 10.6 Å². The molecule has 3 rings (SSSR count). The molecule has 6 nitrogen and oxygen atoms in total. The van der Waals surface area contributed by atoms with Gasteiger partial charge in [-0.1, -0.05) is 29.8 Å². The average molecular weight is 485 g/mol. The highest BCUT2D eigenvalue weighted by Gasteiger charge is 2.05. The van der Waals surface area contributed by atoms with E-state index in [4.69, 9.17) is 11.6 Å². The maximum absolute atomic E-state index is 6.00. The number of guanidine groups is 1. The van der Waals surface area contributed by atoms with Gasteiger partial charge in [-0.05, 0) is 36.2 Å². The number of aromatic nitrogens is 3. The number of benzene rings is 1. The quantitative estimate of drug-likeness (QED) is 0.321. The molecule has 2 N–H and O–H groups in total. The van der Waals surface area contributed by atoms with Crippen molar-refractivity contribution in [2.75, 3.05) is 20.1 Å². The zero-order valence-electron chi connectivity index (χ0n) is 14.5. The fourth-order valence-corrected chi connectivity index (χ4v) is 2.81. The molecule has 2 aromatic heterocycles. The van der Waals surface area contributed by atoms with Crippen molar-refractivity contribution in [3.05, 3.63) is 65.1 Å². The Hall–Kier alpha value is -1.87. The minimum absolute atomic E-state index is 0. The Morgan fingerprint density at radius 1 is 1.08 bits per heavy atom. The molecule has 0 spiro atoms. The van der Waals surface area contributed by atoms with Gasteiger partial charge >= 0.3 is 0 Å². The zero-order chi connectivity index (χ0) is 17.5. The van der Waals surface area contributed by atoms with E-state index in [2.05, 4.69) is 31.9 Å². The van der Waals surface area contributed by atoms with Gasteiger partial charge in [0.25, 0.3) is 0 Å². The molecule has 0 unspecified atom stereocenters. The van der Waals surface area contributed by atoms with Crippen molar-refractivity contribution in [2.45, 2.75) is 12.8 Å². The fraction of sp³-hybridized carbons (Fsp3) is 0.278. The third-order valence-electron chi connectivity index (χ3n) is 3.84. The van der Waals surface area contributed by atoms with Crippen LogP contribution in [-0.4, -0.2) is 40.7 Å². The highest BCUT2D eigenvalue weighted by molar-refractivity contribution is 14.0. The smallest absolute Gasteiger partial charge is 0.191 e. The summed E-state index contributed by atoms with van der Waals surface area (Å²) < 4.78 is 2.00. The zero-order valence-corrected chi connectivity index (χ0v) is 17.6. The number of halogens is 2. The van der Waals surface area contributed by atoms with Crippen molar-refractivity contribution in [2.24, 2.45) is 4.99 Å². The molecule has 138 valence electrons. The average Bonchev–Trinajstić information content (AvgIpc) is 3.04. The van der Waals surface area contributed by atoms with Crippen LogP contribution in [0.25, 0.3) is 5.65 Å². The van der Waals surface area contributed by atoms with Crippen LogP contribution in [0.5, 0.6) is 0 Å². The lowest BCUT2D eigenvalue weighted by molar-refractivity contribution is 0.756. The predicted molar refractivity (Wildman–Crippen MR) is 117 cm³/mol. The molecule has 0 aliphatic heterocycles. The summed E-state index contributed by atoms with van der Waals surface area (Å²) in [5.74, 6) is 1.70. The number of hydrogen-bond acceptors (Lipinski definition) is 3. The van der Waals surface area contributed by atoms with E-state index in [1.807, 2.05) is 47.0 Å². The third-order valence-corrected chi connectivity index (χ3v) is 4.08. The Labute approximate surface area is 175 Å². The number of aliphatic imine (C=N–C) groups is 1. The van der Waals surface area contributed by atoms with Crippen molar-refractivity contribution < 1.29 is 0 Å². The van der Waals surface area contributed by atoms with E-state index < -0.39 is 0 Å². The maximum atomic E-state index is 6.00. The summed E-state index contributed by atoms with van der Waals surface area (Å²) in [6.07, 6.45) is 3.62. The van der Waals surface area contributed by atoms with Gasteiger partial charge in [0.15, 0.2) is 11.6 Å². The summed E-state index contributed by atoms with van der Waals surface area (Å²) in [6, 6.07) is 13.8. The highest BCUT2D eigenvalue weighted by Crippen LogP contribution is 2.10. The van der Waals surface area contributed by atoms with Crippen LogP contribution in [0.2, 0.25) is 5.02 Å². The summed E-state index contributed by atoms with van der Waals surface area (Å²) in [7, 11) is 1.77. The second-order valence-corrected chi connectivity index (χ2v) is 6.04. The minimum Gasteiger partial charge on any atom is -0.356 e. The number of hydrogen-bond donors (Lipinski definition) is 2. The summed E-state index contributed by atoms with van der Waals surface area (Å²) in [4.78, 5) is 4.24. The number of nitrogens with one attached hydrogen (secondary N) is 2. The molecule has 0 atom stereocenters. The monoisotopic (exact) mass is 484 g/mol. The van der Waals surface area contributed by atoms with Crippen molar-refractivity contribution in [3.8, 4) is 0 Å². The van der Waals surface area contributed by atoms with E-state index in [9.17, 15) is 0 Å². The molecule has 0 fully saturated rings. The van der Waals surface area contributed by atoms with Gasteiger partial charge in [0.1, 0.15) is 5.82 Å². The fourth-order valence-electron chi connectivity index (χ4n) is 2.59. The van der Waals surface area contributed by atoms with Crippen molar-refractivity contribution in [1.29, 1.82) is 0 Å². The second kappa shape index (κ2) is 10.3. The van der Waals surface area contributed by atoms with Crippen LogP contribution in [-0.2, 0) is 12.8 Å². The molecule has 0 saturated heterocycles. The van der Waals surface area contributed by atoms with Gasteiger partial charge in [-0.2, -0.15) is 0 Å². The van der Waals surface area contributed by atoms with E-state index in [0.717, 1.165) is 48.4 Å². The standard InChI is InChI=1S/C18H21ClN6.HI/c1-20-18(21-10-8-14-5-4-6-15(19)13-14)22-11-9-17-24-23-16-7-2-3-12-25(16)17;/h2-7,12-13H,8-11H2,1H3,(H2,20,21,22);1H. The second-order valence-electron chi connectivity index (χ2n) is 5.60. The van der Waals surface area contributed by atoms with E-state index in [1.54, 1.807) is 7.05 Å². The first kappa shape index (κ1) is 20.4. The Morgan fingerprint density at radius 3 is 2.65 bits per heavy atom. The highest BCUT2D eigenvalue weighted by atomic mass is 127. The predicted octanol–water partition coefficient (Wildman–Crippen LogP) is 2.95. The van der Waals surface area contributed by atoms with E-state index >= 15 is 0 Å². The van der Waals surface area contributed by atoms with Gasteiger partial charge in [0, 0.05) is 37.8 Å². The molecular weight excluding hydrogens is 463 g/mol. The van der Waals surface area contributed by atoms with Crippen LogP contribution in [0.1, 0.15) is 11.4 Å². The van der Waals surface area contributed by atoms with Gasteiger partial charge < -0.3 is 10.6 Å². The Kier molecular flexibility index (Phi) is 8.11. The summed E-state index contributed by atoms with van der Waals surface area (Å²) in [5, 5.41) is 15.8. The first-order valence-electron chi connectivity index (χ1n) is 8.24. The molecule has 26 heavy (non-hydrogen) atoms. The lowest BCUT2D eigenvalue weighted by atomic mass is 10.1. The Bertz CT molecular complexity index is 864. The molecule has 0 bridgehead atoms. The molecule has 0 aliphatic carbocycles. The number of rotatable bonds is 6. The van der Waals surface area contributed by atoms with Crippen molar-refractivity contribution in [3.63, 3.8) is 0 Å². The van der Waals surface area contributed by atoms with Crippen LogP contribution >= 0.6 is 35.6 Å². The maximum Gasteiger partial charge on any atom is 0.191 e. The van der Waals surface area contributed by atoms with Gasteiger partial charge in [-0.25, -0.2) is 0 Å². The molecule has 0 radical (unpaired) electrons. The summed E-state index contributed by atoms with van der Waals surface area (Å²) in [5.41, 5.74) is 2.06. The Balaban J connectivity index is 0.00000243. The molecule has 2 heterocycles. The normalized spacial score (nSPS) is 11.2. The first-order chi connectivity index (χ1) is 12.3. The minimum atomic E-state index is 0. The van der Waals surface area contributed by atoms with Gasteiger partial charge in [-0.3, -0.25) is 9.39 Å². The molecule has 0 aliphatic rings. The summed E-state index contributed by atoms with van der Waals surface area (Å²) >= 11 is 6.00. The SMILES string of the molecule is CN=C(NCCc1cccc(Cl)c1)NCCc1nnc2ccccn12.I. The van der Waals surface area contributed by atoms with Gasteiger partial charge in [0.2, 0.25) is 0 Å². The topological polar surface area (TPSA) is 66.6 Å². The van der Waals surface area contributed by atoms with Gasteiger partial charge in [-0.15, -0.1) is 34.2 Å². The van der Waals surface area contributed by atoms with E-state index in [1.165, 1.54) is 5.56 Å². The molecular formula is C18H22ClIN6. The van der Waals surface area contributed by atoms with Crippen LogP contribution in [0.15, 0.2) is 53.7 Å². The molecule has 0 amide bonds. The number of pyridine rings is 1. The van der Waals surface area contributed by atoms with E-state index in [0.29, 0.717) is 0 Å². The van der Waals surface area contributed by atoms with Crippen LogP contribution in [0, 0.1) is 0 Å². The van der Waals surface area contributed by atoms with Gasteiger partial charge in [0.05, 0.1) is 0 Å². The molecule has 3 aromatic rings. The lowest BCUT2D eigenvalue weighted by Gasteiger charge is -2.11. The molecule has 0 saturated carbocycles. The van der Waals surface area contributed by atoms with Crippen molar-refractivity contribution >= 4 is 47.2 Å². The number of nitrogens with zero attached hydrogens (tertiary/aromatic N) is 4. The van der Waals surface area contributed by atoms with Crippen LogP contribution in [0.4, 0.5) is 0 Å². The summed E-state index contributed by atoms with van der Waals surface area (Å²) in [6.45, 7) is 1.51. The number of fused-ring (bicyclic) bond motifs is 1. The molecule has 1 aromatic carbocycles. The lowest BCUT2D eigenvalue weighted by Crippen LogP contribution is -2.39. The van der Waals surface area contributed by atoms with Crippen molar-refractivity contribution in [1.82, 2.24) is 25.2 Å². The third kappa shape index (κ3) is 5.57. The molecule has 8 heteroatoms. The van der Waals surface area contributed by atoms with Crippen LogP contribution in [0.3, 0.4) is 0 Å². The first-order valence-corrected chi connectivity index (χ1v) is 8.61. The van der Waals surface area contributed by atoms with E-state index in [-0.39, 0.29) is 24.0 Å². The Morgan fingerprint density at radius 2 is 1.88 bits per heavy atom. The largest absolute Gasteiger partial charge is 0.356 e.